The number of halogens is 1. The Kier molecular flexibility index (Phi) is 1.78. The SMILES string of the molecule is [2H]c1c([2H])c(-c2ccc3ccccc3c2)c([2H])c([2H])c1Br. The van der Waals surface area contributed by atoms with E-state index in [1.54, 1.807) is 0 Å². The number of hydrogen-bond acceptors (Lipinski definition) is 0. The average Bonchev–Trinajstić information content (AvgIpc) is 2.51. The predicted octanol–water partition coefficient (Wildman–Crippen LogP) is 5.27. The van der Waals surface area contributed by atoms with Crippen molar-refractivity contribution in [3.8, 4) is 11.1 Å². The molecule has 0 aliphatic rings. The van der Waals surface area contributed by atoms with Crippen LogP contribution in [-0.2, 0) is 0 Å². The number of rotatable bonds is 1. The first-order valence-electron chi connectivity index (χ1n) is 7.25. The van der Waals surface area contributed by atoms with E-state index >= 15 is 0 Å². The Bertz CT molecular complexity index is 829. The number of hydrogen-bond donors (Lipinski definition) is 0. The summed E-state index contributed by atoms with van der Waals surface area (Å²) in [5.74, 6) is 0. The van der Waals surface area contributed by atoms with Gasteiger partial charge in [0, 0.05) is 4.47 Å². The molecule has 3 aromatic carbocycles. The van der Waals surface area contributed by atoms with Crippen molar-refractivity contribution in [2.75, 3.05) is 0 Å². The van der Waals surface area contributed by atoms with E-state index in [9.17, 15) is 0 Å². The van der Waals surface area contributed by atoms with Gasteiger partial charge in [-0.2, -0.15) is 0 Å². The smallest absolute Gasteiger partial charge is 0.0616 e. The second kappa shape index (κ2) is 4.34. The quantitative estimate of drug-likeness (QED) is 0.572. The van der Waals surface area contributed by atoms with Gasteiger partial charge in [0.15, 0.2) is 0 Å². The van der Waals surface area contributed by atoms with Crippen LogP contribution in [0.3, 0.4) is 0 Å². The molecular weight excluding hydrogens is 272 g/mol. The summed E-state index contributed by atoms with van der Waals surface area (Å²) >= 11 is 3.11. The minimum absolute atomic E-state index is 0.0295. The lowest BCUT2D eigenvalue weighted by molar-refractivity contribution is 1.61. The van der Waals surface area contributed by atoms with Gasteiger partial charge in [-0.1, -0.05) is 64.4 Å². The van der Waals surface area contributed by atoms with Crippen LogP contribution in [0.5, 0.6) is 0 Å². The zero-order valence-electron chi connectivity index (χ0n) is 12.9. The second-order valence-electron chi connectivity index (χ2n) is 3.75. The number of benzene rings is 3. The summed E-state index contributed by atoms with van der Waals surface area (Å²) in [6, 6.07) is 13.3. The molecule has 0 saturated heterocycles. The van der Waals surface area contributed by atoms with Gasteiger partial charge in [0.05, 0.1) is 5.48 Å². The Morgan fingerprint density at radius 1 is 0.765 bits per heavy atom. The van der Waals surface area contributed by atoms with E-state index < -0.39 is 0 Å². The normalized spacial score (nSPS) is 13.9. The first-order valence-corrected chi connectivity index (χ1v) is 6.05. The van der Waals surface area contributed by atoms with Crippen LogP contribution in [0.1, 0.15) is 5.48 Å². The molecule has 0 N–H and O–H groups in total. The molecule has 0 atom stereocenters. The highest BCUT2D eigenvalue weighted by Crippen LogP contribution is 2.25. The van der Waals surface area contributed by atoms with Crippen molar-refractivity contribution < 1.29 is 5.48 Å². The second-order valence-corrected chi connectivity index (χ2v) is 4.54. The lowest BCUT2D eigenvalue weighted by atomic mass is 10.0. The Morgan fingerprint density at radius 3 is 2.24 bits per heavy atom. The fourth-order valence-corrected chi connectivity index (χ4v) is 1.98. The standard InChI is InChI=1S/C16H11Br/c17-16-9-7-13(8-10-16)15-6-5-12-3-1-2-4-14(12)11-15/h1-11H/i7D,8D,9D,10D. The van der Waals surface area contributed by atoms with Crippen LogP contribution in [0.2, 0.25) is 0 Å². The zero-order valence-corrected chi connectivity index (χ0v) is 10.5. The zero-order chi connectivity index (χ0) is 15.1. The van der Waals surface area contributed by atoms with Gasteiger partial charge < -0.3 is 0 Å². The molecule has 0 nitrogen and oxygen atoms in total. The van der Waals surface area contributed by atoms with Crippen molar-refractivity contribution in [2.45, 2.75) is 0 Å². The summed E-state index contributed by atoms with van der Waals surface area (Å²) in [5.41, 5.74) is 1.03. The molecule has 0 aliphatic heterocycles. The third-order valence-corrected chi connectivity index (χ3v) is 3.03. The fraction of sp³-hybridized carbons (Fsp3) is 0. The Balaban J connectivity index is 2.32. The molecule has 0 aromatic heterocycles. The van der Waals surface area contributed by atoms with Crippen LogP contribution < -0.4 is 0 Å². The topological polar surface area (TPSA) is 0 Å². The van der Waals surface area contributed by atoms with Gasteiger partial charge in [-0.3, -0.25) is 0 Å². The molecule has 0 saturated carbocycles. The van der Waals surface area contributed by atoms with Crippen molar-refractivity contribution in [3.05, 3.63) is 71.1 Å². The van der Waals surface area contributed by atoms with Crippen LogP contribution >= 0.6 is 15.9 Å². The van der Waals surface area contributed by atoms with Crippen LogP contribution in [0.15, 0.2) is 71.1 Å². The lowest BCUT2D eigenvalue weighted by Crippen LogP contribution is -1.78. The highest BCUT2D eigenvalue weighted by Gasteiger charge is 1.99. The van der Waals surface area contributed by atoms with Gasteiger partial charge in [-0.05, 0) is 40.1 Å². The maximum atomic E-state index is 8.10. The molecular formula is C16H11Br. The predicted molar refractivity (Wildman–Crippen MR) is 77.1 cm³/mol. The van der Waals surface area contributed by atoms with Crippen LogP contribution in [-0.4, -0.2) is 0 Å². The maximum Gasteiger partial charge on any atom is 0.0635 e. The minimum Gasteiger partial charge on any atom is -0.0616 e. The molecule has 1 heteroatoms. The Hall–Kier alpha value is -1.60. The van der Waals surface area contributed by atoms with Crippen molar-refractivity contribution in [3.63, 3.8) is 0 Å². The third kappa shape index (κ3) is 2.11. The van der Waals surface area contributed by atoms with Crippen molar-refractivity contribution in [1.82, 2.24) is 0 Å². The van der Waals surface area contributed by atoms with E-state index in [1.807, 2.05) is 42.5 Å². The minimum atomic E-state index is -0.0563. The van der Waals surface area contributed by atoms with Crippen molar-refractivity contribution >= 4 is 26.7 Å². The van der Waals surface area contributed by atoms with Crippen molar-refractivity contribution in [2.24, 2.45) is 0 Å². The van der Waals surface area contributed by atoms with Crippen LogP contribution in [0, 0.1) is 0 Å². The highest BCUT2D eigenvalue weighted by atomic mass is 79.9. The van der Waals surface area contributed by atoms with Gasteiger partial charge in [0.2, 0.25) is 0 Å². The lowest BCUT2D eigenvalue weighted by Gasteiger charge is -2.04. The van der Waals surface area contributed by atoms with Gasteiger partial charge in [0.1, 0.15) is 0 Å². The molecule has 0 spiro atoms. The first kappa shape index (κ1) is 6.97. The molecule has 3 aromatic rings. The molecule has 0 amide bonds. The first-order chi connectivity index (χ1) is 10.0. The molecule has 0 fully saturated rings. The Labute approximate surface area is 115 Å². The molecule has 0 unspecified atom stereocenters. The number of fused-ring (bicyclic) bond motifs is 1. The molecule has 0 aliphatic carbocycles. The summed E-state index contributed by atoms with van der Waals surface area (Å²) in [5, 5.41) is 2.09. The van der Waals surface area contributed by atoms with Gasteiger partial charge >= 0.3 is 0 Å². The molecule has 17 heavy (non-hydrogen) atoms. The van der Waals surface area contributed by atoms with Crippen molar-refractivity contribution in [1.29, 1.82) is 0 Å². The summed E-state index contributed by atoms with van der Waals surface area (Å²) in [6.45, 7) is 0. The van der Waals surface area contributed by atoms with Crippen LogP contribution in [0.4, 0.5) is 0 Å². The Morgan fingerprint density at radius 2 is 1.47 bits per heavy atom. The maximum absolute atomic E-state index is 8.10. The third-order valence-electron chi connectivity index (χ3n) is 2.63. The summed E-state index contributed by atoms with van der Waals surface area (Å²) in [4.78, 5) is 0. The summed E-state index contributed by atoms with van der Waals surface area (Å²) < 4.78 is 32.2. The molecule has 0 bridgehead atoms. The summed E-state index contributed by atoms with van der Waals surface area (Å²) in [7, 11) is 0. The van der Waals surface area contributed by atoms with Crippen LogP contribution in [0.25, 0.3) is 21.9 Å². The van der Waals surface area contributed by atoms with Gasteiger partial charge in [-0.25, -0.2) is 0 Å². The van der Waals surface area contributed by atoms with Gasteiger partial charge in [-0.15, -0.1) is 0 Å². The van der Waals surface area contributed by atoms with E-state index in [1.165, 1.54) is 0 Å². The monoisotopic (exact) mass is 286 g/mol. The van der Waals surface area contributed by atoms with E-state index in [-0.39, 0.29) is 28.6 Å². The average molecular weight is 287 g/mol. The van der Waals surface area contributed by atoms with E-state index in [0.29, 0.717) is 11.1 Å². The van der Waals surface area contributed by atoms with E-state index in [2.05, 4.69) is 15.9 Å². The molecule has 82 valence electrons. The highest BCUT2D eigenvalue weighted by molar-refractivity contribution is 9.10. The molecule has 3 rings (SSSR count). The largest absolute Gasteiger partial charge is 0.0635 e. The molecule has 0 radical (unpaired) electrons. The fourth-order valence-electron chi connectivity index (χ4n) is 1.79. The molecule has 0 heterocycles. The van der Waals surface area contributed by atoms with E-state index in [4.69, 9.17) is 5.48 Å². The van der Waals surface area contributed by atoms with E-state index in [0.717, 1.165) is 10.8 Å². The van der Waals surface area contributed by atoms with Gasteiger partial charge in [0.25, 0.3) is 0 Å². The summed E-state index contributed by atoms with van der Waals surface area (Å²) in [6.07, 6.45) is 0.